The van der Waals surface area contributed by atoms with Crippen LogP contribution in [-0.4, -0.2) is 7.11 Å². The Balaban J connectivity index is 2.19. The lowest BCUT2D eigenvalue weighted by atomic mass is 10.2. The van der Waals surface area contributed by atoms with Gasteiger partial charge >= 0.3 is 0 Å². The van der Waals surface area contributed by atoms with Crippen LogP contribution in [0.5, 0.6) is 11.5 Å². The summed E-state index contributed by atoms with van der Waals surface area (Å²) >= 11 is 14.3. The molecule has 0 bridgehead atoms. The molecule has 0 unspecified atom stereocenters. The molecule has 0 aliphatic rings. The summed E-state index contributed by atoms with van der Waals surface area (Å²) in [6.07, 6.45) is 0. The minimum atomic E-state index is 0.472. The second-order valence-electron chi connectivity index (χ2n) is 3.74. The van der Waals surface area contributed by atoms with E-state index in [2.05, 4.69) is 31.9 Å². The fourth-order valence-electron chi connectivity index (χ4n) is 1.56. The third-order valence-corrected chi connectivity index (χ3v) is 4.87. The van der Waals surface area contributed by atoms with Crippen molar-refractivity contribution in [2.75, 3.05) is 7.11 Å². The van der Waals surface area contributed by atoms with E-state index < -0.39 is 0 Å². The molecule has 0 radical (unpaired) electrons. The van der Waals surface area contributed by atoms with Crippen LogP contribution >= 0.6 is 54.8 Å². The van der Waals surface area contributed by atoms with Gasteiger partial charge in [0.2, 0.25) is 0 Å². The minimum absolute atomic E-state index is 0.472. The van der Waals surface area contributed by atoms with Crippen molar-refractivity contribution in [3.05, 3.63) is 43.5 Å². The third kappa shape index (κ3) is 3.88. The maximum absolute atomic E-state index is 5.90. The van der Waals surface area contributed by atoms with Crippen LogP contribution in [0.4, 0.5) is 0 Å². The fourth-order valence-corrected chi connectivity index (χ4v) is 3.49. The SMILES string of the molecule is COc1cc(CBr)cc(Br)c1OCc1ccc(Cl)s1. The zero-order valence-corrected chi connectivity index (χ0v) is 14.8. The van der Waals surface area contributed by atoms with Gasteiger partial charge in [-0.25, -0.2) is 0 Å². The summed E-state index contributed by atoms with van der Waals surface area (Å²) in [5, 5.41) is 0.767. The van der Waals surface area contributed by atoms with E-state index >= 15 is 0 Å². The number of hydrogen-bond donors (Lipinski definition) is 0. The zero-order chi connectivity index (χ0) is 13.8. The monoisotopic (exact) mass is 424 g/mol. The van der Waals surface area contributed by atoms with Crippen LogP contribution in [0.15, 0.2) is 28.7 Å². The molecule has 0 atom stereocenters. The van der Waals surface area contributed by atoms with Crippen molar-refractivity contribution < 1.29 is 9.47 Å². The molecule has 0 amide bonds. The lowest BCUT2D eigenvalue weighted by molar-refractivity contribution is 0.285. The number of rotatable bonds is 5. The van der Waals surface area contributed by atoms with Crippen molar-refractivity contribution >= 4 is 54.8 Å². The van der Waals surface area contributed by atoms with Gasteiger partial charge in [-0.05, 0) is 45.8 Å². The third-order valence-electron chi connectivity index (χ3n) is 2.43. The van der Waals surface area contributed by atoms with E-state index in [9.17, 15) is 0 Å². The van der Waals surface area contributed by atoms with E-state index in [1.165, 1.54) is 11.3 Å². The molecule has 19 heavy (non-hydrogen) atoms. The highest BCUT2D eigenvalue weighted by Gasteiger charge is 2.12. The van der Waals surface area contributed by atoms with Gasteiger partial charge in [-0.2, -0.15) is 0 Å². The van der Waals surface area contributed by atoms with Gasteiger partial charge in [0.25, 0.3) is 0 Å². The Hall–Kier alpha value is -0.230. The van der Waals surface area contributed by atoms with Gasteiger partial charge < -0.3 is 9.47 Å². The molecule has 1 heterocycles. The predicted octanol–water partition coefficient (Wildman–Crippen LogP) is 5.65. The molecular weight excluding hydrogens is 415 g/mol. The Labute approximate surface area is 137 Å². The molecule has 0 aliphatic heterocycles. The number of thiophene rings is 1. The maximum atomic E-state index is 5.90. The van der Waals surface area contributed by atoms with Crippen LogP contribution in [0, 0.1) is 0 Å². The van der Waals surface area contributed by atoms with Crippen LogP contribution < -0.4 is 9.47 Å². The first-order valence-electron chi connectivity index (χ1n) is 5.43. The van der Waals surface area contributed by atoms with Crippen molar-refractivity contribution in [3.63, 3.8) is 0 Å². The molecule has 0 aliphatic carbocycles. The fraction of sp³-hybridized carbons (Fsp3) is 0.231. The summed E-state index contributed by atoms with van der Waals surface area (Å²) in [5.74, 6) is 1.42. The maximum Gasteiger partial charge on any atom is 0.175 e. The molecule has 0 saturated carbocycles. The second kappa shape index (κ2) is 6.97. The first-order chi connectivity index (χ1) is 9.13. The van der Waals surface area contributed by atoms with Crippen molar-refractivity contribution in [2.45, 2.75) is 11.9 Å². The van der Waals surface area contributed by atoms with Crippen LogP contribution in [0.3, 0.4) is 0 Å². The first kappa shape index (κ1) is 15.2. The van der Waals surface area contributed by atoms with Crippen molar-refractivity contribution in [2.24, 2.45) is 0 Å². The number of benzene rings is 1. The Bertz CT molecular complexity index is 572. The highest BCUT2D eigenvalue weighted by atomic mass is 79.9. The number of alkyl halides is 1. The van der Waals surface area contributed by atoms with Crippen LogP contribution in [0.2, 0.25) is 4.34 Å². The van der Waals surface area contributed by atoms with Gasteiger partial charge in [0.05, 0.1) is 15.9 Å². The number of methoxy groups -OCH3 is 1. The molecule has 2 rings (SSSR count). The summed E-state index contributed by atoms with van der Waals surface area (Å²) < 4.78 is 12.8. The molecule has 6 heteroatoms. The molecule has 0 fully saturated rings. The Morgan fingerprint density at radius 2 is 2.11 bits per heavy atom. The normalized spacial score (nSPS) is 10.5. The summed E-state index contributed by atoms with van der Waals surface area (Å²) in [6.45, 7) is 0.472. The topological polar surface area (TPSA) is 18.5 Å². The van der Waals surface area contributed by atoms with Gasteiger partial charge in [0, 0.05) is 10.2 Å². The van der Waals surface area contributed by atoms with Crippen molar-refractivity contribution in [3.8, 4) is 11.5 Å². The second-order valence-corrected chi connectivity index (χ2v) is 6.95. The molecule has 2 aromatic rings. The van der Waals surface area contributed by atoms with Crippen LogP contribution in [-0.2, 0) is 11.9 Å². The molecular formula is C13H11Br2ClO2S. The average Bonchev–Trinajstić information content (AvgIpc) is 2.82. The van der Waals surface area contributed by atoms with E-state index in [-0.39, 0.29) is 0 Å². The number of halogens is 3. The van der Waals surface area contributed by atoms with E-state index in [4.69, 9.17) is 21.1 Å². The van der Waals surface area contributed by atoms with Crippen LogP contribution in [0.1, 0.15) is 10.4 Å². The van der Waals surface area contributed by atoms with Crippen molar-refractivity contribution in [1.29, 1.82) is 0 Å². The predicted molar refractivity (Wildman–Crippen MR) is 87.0 cm³/mol. The van der Waals surface area contributed by atoms with E-state index in [0.29, 0.717) is 18.1 Å². The smallest absolute Gasteiger partial charge is 0.175 e. The number of hydrogen-bond acceptors (Lipinski definition) is 3. The zero-order valence-electron chi connectivity index (χ0n) is 10.1. The molecule has 0 saturated heterocycles. The van der Waals surface area contributed by atoms with E-state index in [1.807, 2.05) is 24.3 Å². The summed E-state index contributed by atoms with van der Waals surface area (Å²) in [6, 6.07) is 7.79. The van der Waals surface area contributed by atoms with Gasteiger partial charge in [0.1, 0.15) is 6.61 Å². The lowest BCUT2D eigenvalue weighted by Crippen LogP contribution is -1.98. The lowest BCUT2D eigenvalue weighted by Gasteiger charge is -2.13. The Kier molecular flexibility index (Phi) is 5.57. The summed E-state index contributed by atoms with van der Waals surface area (Å²) in [5.41, 5.74) is 1.12. The Morgan fingerprint density at radius 1 is 1.32 bits per heavy atom. The quantitative estimate of drug-likeness (QED) is 0.576. The largest absolute Gasteiger partial charge is 0.493 e. The summed E-state index contributed by atoms with van der Waals surface area (Å²) in [4.78, 5) is 1.07. The van der Waals surface area contributed by atoms with Gasteiger partial charge in [-0.15, -0.1) is 11.3 Å². The first-order valence-corrected chi connectivity index (χ1v) is 8.54. The minimum Gasteiger partial charge on any atom is -0.493 e. The highest BCUT2D eigenvalue weighted by Crippen LogP contribution is 2.38. The highest BCUT2D eigenvalue weighted by molar-refractivity contribution is 9.10. The molecule has 1 aromatic heterocycles. The molecule has 102 valence electrons. The van der Waals surface area contributed by atoms with Gasteiger partial charge in [0.15, 0.2) is 11.5 Å². The molecule has 2 nitrogen and oxygen atoms in total. The van der Waals surface area contributed by atoms with E-state index in [0.717, 1.165) is 24.6 Å². The molecule has 0 N–H and O–H groups in total. The average molecular weight is 427 g/mol. The Morgan fingerprint density at radius 3 is 2.68 bits per heavy atom. The van der Waals surface area contributed by atoms with Crippen LogP contribution in [0.25, 0.3) is 0 Å². The molecule has 0 spiro atoms. The standard InChI is InChI=1S/C13H11Br2ClO2S/c1-17-11-5-8(6-14)4-10(15)13(11)18-7-9-2-3-12(16)19-9/h2-5H,6-7H2,1H3. The van der Waals surface area contributed by atoms with E-state index in [1.54, 1.807) is 7.11 Å². The van der Waals surface area contributed by atoms with Gasteiger partial charge in [-0.3, -0.25) is 0 Å². The summed E-state index contributed by atoms with van der Waals surface area (Å²) in [7, 11) is 1.63. The van der Waals surface area contributed by atoms with Gasteiger partial charge in [-0.1, -0.05) is 27.5 Å². The number of ether oxygens (including phenoxy) is 2. The van der Waals surface area contributed by atoms with Crippen molar-refractivity contribution in [1.82, 2.24) is 0 Å². The molecule has 1 aromatic carbocycles.